The Labute approximate surface area is 169 Å². The topological polar surface area (TPSA) is 87.7 Å². The van der Waals surface area contributed by atoms with Crippen molar-refractivity contribution in [1.29, 1.82) is 0 Å². The maximum atomic E-state index is 14.5. The molecule has 1 aliphatic carbocycles. The van der Waals surface area contributed by atoms with E-state index in [0.717, 1.165) is 18.2 Å². The molecule has 0 bridgehead atoms. The summed E-state index contributed by atoms with van der Waals surface area (Å²) in [5.41, 5.74) is 1.29. The minimum absolute atomic E-state index is 0.0663. The van der Waals surface area contributed by atoms with Crippen LogP contribution in [0.25, 0.3) is 33.4 Å². The number of rotatable bonds is 3. The highest BCUT2D eigenvalue weighted by Crippen LogP contribution is 2.44. The lowest BCUT2D eigenvalue weighted by molar-refractivity contribution is 0.0697. The normalized spacial score (nSPS) is 11.3. The van der Waals surface area contributed by atoms with Crippen LogP contribution < -0.4 is 5.43 Å². The third-order valence-electron chi connectivity index (χ3n) is 5.18. The van der Waals surface area contributed by atoms with E-state index in [-0.39, 0.29) is 39.8 Å². The number of halogens is 2. The molecule has 2 aromatic carbocycles. The Hall–Kier alpha value is -3.74. The van der Waals surface area contributed by atoms with Crippen molar-refractivity contribution in [3.8, 4) is 28.2 Å². The number of carbonyl (C=O) groups is 1. The maximum Gasteiger partial charge on any atom is 0.335 e. The van der Waals surface area contributed by atoms with E-state index in [0.29, 0.717) is 16.7 Å². The van der Waals surface area contributed by atoms with Crippen molar-refractivity contribution in [2.75, 3.05) is 0 Å². The van der Waals surface area contributed by atoms with Crippen molar-refractivity contribution >= 4 is 16.9 Å². The summed E-state index contributed by atoms with van der Waals surface area (Å²) in [5.74, 6) is -3.44. The zero-order valence-electron chi connectivity index (χ0n) is 16.0. The number of carboxylic acids is 1. The molecule has 30 heavy (non-hydrogen) atoms. The van der Waals surface area contributed by atoms with Crippen LogP contribution in [-0.4, -0.2) is 16.2 Å². The summed E-state index contributed by atoms with van der Waals surface area (Å²) in [4.78, 5) is 23.2. The predicted octanol–water partition coefficient (Wildman–Crippen LogP) is 5.12. The third-order valence-corrected chi connectivity index (χ3v) is 5.18. The van der Waals surface area contributed by atoms with Gasteiger partial charge < -0.3 is 14.6 Å². The van der Waals surface area contributed by atoms with Crippen LogP contribution >= 0.6 is 0 Å². The number of hydrogen-bond acceptors (Lipinski definition) is 4. The van der Waals surface area contributed by atoms with Crippen molar-refractivity contribution in [3.05, 3.63) is 74.9 Å². The van der Waals surface area contributed by atoms with Gasteiger partial charge in [0.25, 0.3) is 0 Å². The first kappa shape index (κ1) is 19.6. The predicted molar refractivity (Wildman–Crippen MR) is 107 cm³/mol. The molecule has 2 N–H and O–H groups in total. The second kappa shape index (κ2) is 6.95. The molecule has 0 radical (unpaired) electrons. The molecule has 2 aromatic rings. The molecule has 7 heteroatoms. The van der Waals surface area contributed by atoms with Crippen LogP contribution in [0.3, 0.4) is 0 Å². The molecule has 0 saturated carbocycles. The third kappa shape index (κ3) is 2.90. The van der Waals surface area contributed by atoms with E-state index in [1.54, 1.807) is 19.9 Å². The molecule has 5 nitrogen and oxygen atoms in total. The number of phenolic OH excluding ortho intramolecular Hbond substituents is 1. The Morgan fingerprint density at radius 3 is 2.43 bits per heavy atom. The van der Waals surface area contributed by atoms with E-state index in [1.807, 2.05) is 0 Å². The minimum atomic E-state index is -1.10. The highest BCUT2D eigenvalue weighted by atomic mass is 19.1. The number of aryl methyl sites for hydroxylation is 2. The number of phenols is 1. The fraction of sp³-hybridized carbons (Fsp3) is 0.130. The SMILES string of the molecule is CCc1c(O)c(F)cc2c(-c3ccc(C(=O)O)cc3C)c3cc(F)c(=O)cc-3oc12. The molecule has 0 atom stereocenters. The fourth-order valence-corrected chi connectivity index (χ4v) is 3.74. The lowest BCUT2D eigenvalue weighted by atomic mass is 9.89. The summed E-state index contributed by atoms with van der Waals surface area (Å²) in [6.07, 6.45) is 0.247. The van der Waals surface area contributed by atoms with E-state index >= 15 is 0 Å². The first-order chi connectivity index (χ1) is 14.2. The van der Waals surface area contributed by atoms with E-state index < -0.39 is 28.8 Å². The second-order valence-electron chi connectivity index (χ2n) is 7.01. The molecule has 1 heterocycles. The van der Waals surface area contributed by atoms with E-state index in [4.69, 9.17) is 4.42 Å². The van der Waals surface area contributed by atoms with E-state index in [2.05, 4.69) is 0 Å². The van der Waals surface area contributed by atoms with E-state index in [9.17, 15) is 28.6 Å². The number of aromatic carboxylic acids is 1. The van der Waals surface area contributed by atoms with Crippen LogP contribution in [0, 0.1) is 18.6 Å². The number of hydrogen-bond donors (Lipinski definition) is 2. The van der Waals surface area contributed by atoms with Crippen LogP contribution in [0.15, 0.2) is 45.6 Å². The standard InChI is InChI=1S/C23H16F2O5/c1-3-12-21(27)17(25)8-15-20(13-5-4-11(23(28)29)6-10(13)2)14-7-16(24)18(26)9-19(14)30-22(12)15/h4-9,27H,3H2,1-2H3,(H,28,29). The van der Waals surface area contributed by atoms with Gasteiger partial charge in [0.15, 0.2) is 17.4 Å². The quantitative estimate of drug-likeness (QED) is 0.458. The molecule has 0 aromatic heterocycles. The molecule has 0 saturated heterocycles. The first-order valence-electron chi connectivity index (χ1n) is 9.17. The Bertz CT molecular complexity index is 1370. The van der Waals surface area contributed by atoms with Gasteiger partial charge in [-0.05, 0) is 48.7 Å². The Kier molecular flexibility index (Phi) is 4.53. The molecule has 0 amide bonds. The molecular formula is C23H16F2O5. The van der Waals surface area contributed by atoms with Gasteiger partial charge in [-0.1, -0.05) is 13.0 Å². The monoisotopic (exact) mass is 410 g/mol. The second-order valence-corrected chi connectivity index (χ2v) is 7.01. The summed E-state index contributed by atoms with van der Waals surface area (Å²) >= 11 is 0. The Morgan fingerprint density at radius 1 is 1.07 bits per heavy atom. The highest BCUT2D eigenvalue weighted by Gasteiger charge is 2.24. The van der Waals surface area contributed by atoms with Crippen LogP contribution in [0.2, 0.25) is 0 Å². The van der Waals surface area contributed by atoms with Gasteiger partial charge in [-0.15, -0.1) is 0 Å². The van der Waals surface area contributed by atoms with Crippen molar-refractivity contribution in [1.82, 2.24) is 0 Å². The van der Waals surface area contributed by atoms with Crippen molar-refractivity contribution in [2.24, 2.45) is 0 Å². The Morgan fingerprint density at radius 2 is 1.80 bits per heavy atom. The maximum absolute atomic E-state index is 14.5. The van der Waals surface area contributed by atoms with Crippen molar-refractivity contribution in [3.63, 3.8) is 0 Å². The van der Waals surface area contributed by atoms with Gasteiger partial charge in [0, 0.05) is 28.1 Å². The Balaban J connectivity index is 2.24. The molecular weight excluding hydrogens is 394 g/mol. The van der Waals surface area contributed by atoms with Gasteiger partial charge in [0.2, 0.25) is 5.43 Å². The van der Waals surface area contributed by atoms with Gasteiger partial charge in [-0.25, -0.2) is 13.6 Å². The van der Waals surface area contributed by atoms with Gasteiger partial charge in [-0.2, -0.15) is 0 Å². The van der Waals surface area contributed by atoms with Crippen LogP contribution in [-0.2, 0) is 6.42 Å². The zero-order chi connectivity index (χ0) is 21.7. The number of benzene rings is 3. The molecule has 2 aliphatic rings. The average molecular weight is 410 g/mol. The summed E-state index contributed by atoms with van der Waals surface area (Å²) < 4.78 is 34.5. The van der Waals surface area contributed by atoms with Gasteiger partial charge in [0.1, 0.15) is 11.3 Å². The molecule has 152 valence electrons. The largest absolute Gasteiger partial charge is 0.505 e. The number of fused-ring (bicyclic) bond motifs is 2. The molecule has 0 fully saturated rings. The minimum Gasteiger partial charge on any atom is -0.505 e. The summed E-state index contributed by atoms with van der Waals surface area (Å²) in [5, 5.41) is 19.7. The summed E-state index contributed by atoms with van der Waals surface area (Å²) in [7, 11) is 0. The number of aromatic hydroxyl groups is 1. The first-order valence-corrected chi connectivity index (χ1v) is 9.17. The molecule has 0 unspecified atom stereocenters. The molecule has 4 rings (SSSR count). The zero-order valence-corrected chi connectivity index (χ0v) is 16.0. The fourth-order valence-electron chi connectivity index (χ4n) is 3.74. The smallest absolute Gasteiger partial charge is 0.335 e. The lowest BCUT2D eigenvalue weighted by Gasteiger charge is -2.19. The number of carboxylic acid groups (broad SMARTS) is 1. The highest BCUT2D eigenvalue weighted by molar-refractivity contribution is 6.04. The molecule has 0 spiro atoms. The van der Waals surface area contributed by atoms with Gasteiger partial charge in [0.05, 0.1) is 5.56 Å². The van der Waals surface area contributed by atoms with Crippen LogP contribution in [0.5, 0.6) is 5.75 Å². The average Bonchev–Trinajstić information content (AvgIpc) is 2.69. The summed E-state index contributed by atoms with van der Waals surface area (Å²) in [6.45, 7) is 3.39. The summed E-state index contributed by atoms with van der Waals surface area (Å²) in [6, 6.07) is 7.52. The van der Waals surface area contributed by atoms with Crippen LogP contribution in [0.4, 0.5) is 8.78 Å². The lowest BCUT2D eigenvalue weighted by Crippen LogP contribution is -2.07. The van der Waals surface area contributed by atoms with Gasteiger partial charge >= 0.3 is 5.97 Å². The molecule has 1 aliphatic heterocycles. The van der Waals surface area contributed by atoms with Gasteiger partial charge in [-0.3, -0.25) is 4.79 Å². The van der Waals surface area contributed by atoms with Crippen molar-refractivity contribution in [2.45, 2.75) is 20.3 Å². The van der Waals surface area contributed by atoms with Crippen LogP contribution in [0.1, 0.15) is 28.4 Å². The van der Waals surface area contributed by atoms with E-state index in [1.165, 1.54) is 12.1 Å². The van der Waals surface area contributed by atoms with Crippen molar-refractivity contribution < 1.29 is 28.2 Å².